The van der Waals surface area contributed by atoms with Gasteiger partial charge in [0, 0.05) is 18.7 Å². The summed E-state index contributed by atoms with van der Waals surface area (Å²) in [4.78, 5) is 15.6. The molecule has 0 aliphatic heterocycles. The Kier molecular flexibility index (Phi) is 5.30. The molecule has 1 heterocycles. The smallest absolute Gasteiger partial charge is 0.273 e. The summed E-state index contributed by atoms with van der Waals surface area (Å²) < 4.78 is 1.89. The summed E-state index contributed by atoms with van der Waals surface area (Å²) in [5, 5.41) is 14.4. The molecular weight excluding hydrogens is 338 g/mol. The number of benzene rings is 1. The van der Waals surface area contributed by atoms with E-state index in [2.05, 4.69) is 24.3 Å². The number of hydrogen-bond donors (Lipinski definition) is 1. The topological polar surface area (TPSA) is 58.4 Å². The molecule has 2 aliphatic rings. The Bertz CT molecular complexity index is 827. The molecule has 1 aromatic carbocycles. The zero-order valence-corrected chi connectivity index (χ0v) is 16.2. The molecule has 0 unspecified atom stereocenters. The minimum absolute atomic E-state index is 0.0210. The summed E-state index contributed by atoms with van der Waals surface area (Å²) in [5.74, 6) is 0.0308. The summed E-state index contributed by atoms with van der Waals surface area (Å²) >= 11 is 0. The molecule has 1 N–H and O–H groups in total. The van der Waals surface area contributed by atoms with E-state index in [1.165, 1.54) is 11.1 Å². The van der Waals surface area contributed by atoms with Crippen molar-refractivity contribution in [2.45, 2.75) is 64.5 Å². The number of aryl methyl sites for hydroxylation is 3. The average Bonchev–Trinajstić information content (AvgIpc) is 3.10. The van der Waals surface area contributed by atoms with E-state index >= 15 is 0 Å². The minimum Gasteiger partial charge on any atom is -0.395 e. The molecule has 0 bridgehead atoms. The van der Waals surface area contributed by atoms with Gasteiger partial charge in [-0.25, -0.2) is 0 Å². The second-order valence-corrected chi connectivity index (χ2v) is 7.63. The first kappa shape index (κ1) is 18.2. The van der Waals surface area contributed by atoms with Crippen molar-refractivity contribution in [1.29, 1.82) is 0 Å². The van der Waals surface area contributed by atoms with Crippen LogP contribution in [0.2, 0.25) is 0 Å². The summed E-state index contributed by atoms with van der Waals surface area (Å²) in [7, 11) is 0. The molecule has 4 rings (SSSR count). The number of carbonyl (C=O) groups is 1. The van der Waals surface area contributed by atoms with Crippen LogP contribution >= 0.6 is 0 Å². The lowest BCUT2D eigenvalue weighted by atomic mass is 9.86. The van der Waals surface area contributed by atoms with Crippen LogP contribution in [0.5, 0.6) is 0 Å². The molecule has 27 heavy (non-hydrogen) atoms. The standard InChI is InChI=1S/C22H29N3O2/c1-2-25-21(18-11-5-6-12-19(18)23-25)22(27)24(14-15-26)20-13-7-9-16-8-3-4-10-17(16)20/h3-4,8,10,20,26H,2,5-7,9,11-15H2,1H3/t20-/m0/s1. The molecule has 2 aliphatic carbocycles. The van der Waals surface area contributed by atoms with Gasteiger partial charge in [0.05, 0.1) is 18.3 Å². The second-order valence-electron chi connectivity index (χ2n) is 7.63. The van der Waals surface area contributed by atoms with Crippen LogP contribution in [-0.4, -0.2) is 38.8 Å². The van der Waals surface area contributed by atoms with Gasteiger partial charge in [-0.1, -0.05) is 24.3 Å². The summed E-state index contributed by atoms with van der Waals surface area (Å²) in [6.45, 7) is 3.08. The highest BCUT2D eigenvalue weighted by Gasteiger charge is 2.33. The monoisotopic (exact) mass is 367 g/mol. The molecule has 5 nitrogen and oxygen atoms in total. The van der Waals surface area contributed by atoms with Gasteiger partial charge in [-0.15, -0.1) is 0 Å². The molecule has 1 amide bonds. The van der Waals surface area contributed by atoms with Gasteiger partial charge >= 0.3 is 0 Å². The van der Waals surface area contributed by atoms with Gasteiger partial charge in [0.15, 0.2) is 0 Å². The number of hydrogen-bond acceptors (Lipinski definition) is 3. The fourth-order valence-corrected chi connectivity index (χ4v) is 4.77. The van der Waals surface area contributed by atoms with E-state index in [0.29, 0.717) is 13.1 Å². The SMILES string of the molecule is CCn1nc2c(c1C(=O)N(CCO)[C@H]1CCCc3ccccc31)CCCC2. The minimum atomic E-state index is -0.0210. The van der Waals surface area contributed by atoms with E-state index in [9.17, 15) is 9.90 Å². The highest BCUT2D eigenvalue weighted by Crippen LogP contribution is 2.36. The van der Waals surface area contributed by atoms with Gasteiger partial charge in [0.1, 0.15) is 5.69 Å². The van der Waals surface area contributed by atoms with Gasteiger partial charge in [-0.05, 0) is 63.0 Å². The maximum absolute atomic E-state index is 13.7. The van der Waals surface area contributed by atoms with Gasteiger partial charge in [-0.3, -0.25) is 9.48 Å². The molecule has 0 spiro atoms. The van der Waals surface area contributed by atoms with E-state index in [4.69, 9.17) is 5.10 Å². The van der Waals surface area contributed by atoms with Crippen LogP contribution in [0.15, 0.2) is 24.3 Å². The fraction of sp³-hybridized carbons (Fsp3) is 0.545. The van der Waals surface area contributed by atoms with Crippen LogP contribution in [0.4, 0.5) is 0 Å². The normalized spacial score (nSPS) is 18.7. The number of carbonyl (C=O) groups excluding carboxylic acids is 1. The highest BCUT2D eigenvalue weighted by atomic mass is 16.3. The molecule has 5 heteroatoms. The Hall–Kier alpha value is -2.14. The van der Waals surface area contributed by atoms with E-state index in [0.717, 1.165) is 61.9 Å². The summed E-state index contributed by atoms with van der Waals surface area (Å²) in [6.07, 6.45) is 7.26. The van der Waals surface area contributed by atoms with Crippen molar-refractivity contribution in [3.05, 3.63) is 52.3 Å². The Balaban J connectivity index is 1.74. The number of aromatic nitrogens is 2. The van der Waals surface area contributed by atoms with Crippen molar-refractivity contribution in [3.63, 3.8) is 0 Å². The number of rotatable bonds is 5. The predicted molar refractivity (Wildman–Crippen MR) is 105 cm³/mol. The van der Waals surface area contributed by atoms with Crippen molar-refractivity contribution < 1.29 is 9.90 Å². The number of nitrogens with zero attached hydrogens (tertiary/aromatic N) is 3. The third kappa shape index (κ3) is 3.29. The van der Waals surface area contributed by atoms with E-state index in [-0.39, 0.29) is 18.6 Å². The maximum atomic E-state index is 13.7. The number of aliphatic hydroxyl groups excluding tert-OH is 1. The molecule has 0 radical (unpaired) electrons. The Morgan fingerprint density at radius 1 is 1.22 bits per heavy atom. The van der Waals surface area contributed by atoms with Crippen LogP contribution in [0.25, 0.3) is 0 Å². The lowest BCUT2D eigenvalue weighted by Crippen LogP contribution is -2.40. The first-order valence-corrected chi connectivity index (χ1v) is 10.3. The molecule has 1 aromatic heterocycles. The molecule has 0 saturated carbocycles. The van der Waals surface area contributed by atoms with Crippen molar-refractivity contribution in [2.24, 2.45) is 0 Å². The third-order valence-corrected chi connectivity index (χ3v) is 6.04. The zero-order valence-electron chi connectivity index (χ0n) is 16.2. The fourth-order valence-electron chi connectivity index (χ4n) is 4.77. The summed E-state index contributed by atoms with van der Waals surface area (Å²) in [6, 6.07) is 8.47. The lowest BCUT2D eigenvalue weighted by Gasteiger charge is -2.36. The van der Waals surface area contributed by atoms with Crippen molar-refractivity contribution >= 4 is 5.91 Å². The van der Waals surface area contributed by atoms with E-state index < -0.39 is 0 Å². The average molecular weight is 367 g/mol. The summed E-state index contributed by atoms with van der Waals surface area (Å²) in [5.41, 5.74) is 5.56. The molecule has 1 atom stereocenters. The first-order chi connectivity index (χ1) is 13.2. The molecule has 0 saturated heterocycles. The third-order valence-electron chi connectivity index (χ3n) is 6.04. The Labute approximate surface area is 161 Å². The Morgan fingerprint density at radius 2 is 2.04 bits per heavy atom. The lowest BCUT2D eigenvalue weighted by molar-refractivity contribution is 0.0596. The van der Waals surface area contributed by atoms with Crippen LogP contribution in [0.1, 0.15) is 71.5 Å². The number of aliphatic hydroxyl groups is 1. The van der Waals surface area contributed by atoms with Crippen LogP contribution < -0.4 is 0 Å². The van der Waals surface area contributed by atoms with E-state index in [1.807, 2.05) is 16.5 Å². The predicted octanol–water partition coefficient (Wildman–Crippen LogP) is 3.29. The van der Waals surface area contributed by atoms with Gasteiger partial charge < -0.3 is 10.0 Å². The number of amides is 1. The molecular formula is C22H29N3O2. The van der Waals surface area contributed by atoms with Crippen molar-refractivity contribution in [3.8, 4) is 0 Å². The van der Waals surface area contributed by atoms with Crippen LogP contribution in [0, 0.1) is 0 Å². The Morgan fingerprint density at radius 3 is 2.85 bits per heavy atom. The maximum Gasteiger partial charge on any atom is 0.273 e. The van der Waals surface area contributed by atoms with E-state index in [1.54, 1.807) is 0 Å². The largest absolute Gasteiger partial charge is 0.395 e. The van der Waals surface area contributed by atoms with Gasteiger partial charge in [-0.2, -0.15) is 5.10 Å². The quantitative estimate of drug-likeness (QED) is 0.882. The zero-order chi connectivity index (χ0) is 18.8. The van der Waals surface area contributed by atoms with Gasteiger partial charge in [0.2, 0.25) is 0 Å². The highest BCUT2D eigenvalue weighted by molar-refractivity contribution is 5.94. The molecule has 144 valence electrons. The van der Waals surface area contributed by atoms with Crippen LogP contribution in [-0.2, 0) is 25.8 Å². The van der Waals surface area contributed by atoms with Crippen molar-refractivity contribution in [1.82, 2.24) is 14.7 Å². The van der Waals surface area contributed by atoms with Crippen molar-refractivity contribution in [2.75, 3.05) is 13.2 Å². The second kappa shape index (κ2) is 7.85. The first-order valence-electron chi connectivity index (χ1n) is 10.3. The molecule has 2 aromatic rings. The number of fused-ring (bicyclic) bond motifs is 2. The van der Waals surface area contributed by atoms with Crippen LogP contribution in [0.3, 0.4) is 0 Å². The van der Waals surface area contributed by atoms with Gasteiger partial charge in [0.25, 0.3) is 5.91 Å². The molecule has 0 fully saturated rings.